The molecule has 2 unspecified atom stereocenters. The zero-order valence-electron chi connectivity index (χ0n) is 19.3. The summed E-state index contributed by atoms with van der Waals surface area (Å²) < 4.78 is 30.1. The number of benzene rings is 1. The molecule has 3 aromatic heterocycles. The molecule has 178 valence electrons. The second-order valence-electron chi connectivity index (χ2n) is 10.2. The lowest BCUT2D eigenvalue weighted by atomic mass is 9.97. The minimum atomic E-state index is -3.21. The lowest BCUT2D eigenvalue weighted by Crippen LogP contribution is -2.35. The highest BCUT2D eigenvalue weighted by molar-refractivity contribution is 7.90. The lowest BCUT2D eigenvalue weighted by Gasteiger charge is -2.17. The highest BCUT2D eigenvalue weighted by Crippen LogP contribution is 2.39. The third-order valence-electron chi connectivity index (χ3n) is 7.16. The van der Waals surface area contributed by atoms with Crippen LogP contribution in [0.15, 0.2) is 42.7 Å². The number of fused-ring (bicyclic) bond motifs is 3. The first-order chi connectivity index (χ1) is 16.2. The Labute approximate surface area is 198 Å². The monoisotopic (exact) mass is 479 g/mol. The molecule has 3 N–H and O–H groups in total. The summed E-state index contributed by atoms with van der Waals surface area (Å²) in [5.41, 5.74) is 4.39. The number of H-pyrrole nitrogens is 1. The maximum Gasteiger partial charge on any atom is 0.214 e. The predicted molar refractivity (Wildman–Crippen MR) is 131 cm³/mol. The standard InChI is InChI=1S/C25H29N5O3S/c1-25(2,31)17-6-3-15(4-7-17)22-21-14-27-23-20(11-12-26-23)30(21)24(28-22)16-5-8-18(13-16)29-34(32,33)19-9-10-19/h3-4,6-7,11-12,14,16,18-19,26,29,31H,5,8-10,13H2,1-2H3. The van der Waals surface area contributed by atoms with Crippen LogP contribution in [0, 0.1) is 0 Å². The molecule has 6 rings (SSSR count). The summed E-state index contributed by atoms with van der Waals surface area (Å²) in [4.78, 5) is 12.9. The number of aromatic nitrogens is 4. The van der Waals surface area contributed by atoms with Crippen LogP contribution in [-0.4, -0.2) is 44.2 Å². The van der Waals surface area contributed by atoms with Crippen molar-refractivity contribution < 1.29 is 13.5 Å². The van der Waals surface area contributed by atoms with Crippen LogP contribution in [0.25, 0.3) is 27.9 Å². The van der Waals surface area contributed by atoms with Crippen molar-refractivity contribution in [1.82, 2.24) is 24.1 Å². The van der Waals surface area contributed by atoms with Crippen molar-refractivity contribution in [2.24, 2.45) is 0 Å². The highest BCUT2D eigenvalue weighted by atomic mass is 32.2. The fourth-order valence-corrected chi connectivity index (χ4v) is 6.77. The second-order valence-corrected chi connectivity index (χ2v) is 12.2. The summed E-state index contributed by atoms with van der Waals surface area (Å²) in [5.74, 6) is 1.08. The molecule has 1 aromatic carbocycles. The molecule has 0 bridgehead atoms. The molecule has 9 heteroatoms. The lowest BCUT2D eigenvalue weighted by molar-refractivity contribution is 0.0786. The molecule has 2 aliphatic carbocycles. The zero-order chi connectivity index (χ0) is 23.7. The van der Waals surface area contributed by atoms with Crippen LogP contribution in [0.3, 0.4) is 0 Å². The Morgan fingerprint density at radius 3 is 2.56 bits per heavy atom. The summed E-state index contributed by atoms with van der Waals surface area (Å²) in [6.45, 7) is 3.54. The van der Waals surface area contributed by atoms with E-state index in [0.717, 1.165) is 71.4 Å². The van der Waals surface area contributed by atoms with E-state index in [2.05, 4.69) is 19.1 Å². The fraction of sp³-hybridized carbons (Fsp3) is 0.440. The molecule has 2 saturated carbocycles. The molecule has 8 nitrogen and oxygen atoms in total. The highest BCUT2D eigenvalue weighted by Gasteiger charge is 2.39. The number of aliphatic hydroxyl groups is 1. The number of hydrogen-bond acceptors (Lipinski definition) is 5. The van der Waals surface area contributed by atoms with E-state index in [-0.39, 0.29) is 17.2 Å². The Balaban J connectivity index is 1.40. The number of aromatic amines is 1. The zero-order valence-corrected chi connectivity index (χ0v) is 20.1. The summed E-state index contributed by atoms with van der Waals surface area (Å²) in [6, 6.07) is 9.79. The maximum atomic E-state index is 12.5. The van der Waals surface area contributed by atoms with Gasteiger partial charge in [0.1, 0.15) is 5.82 Å². The van der Waals surface area contributed by atoms with Crippen molar-refractivity contribution in [3.05, 3.63) is 54.1 Å². The molecular weight excluding hydrogens is 450 g/mol. The molecule has 0 spiro atoms. The van der Waals surface area contributed by atoms with Crippen molar-refractivity contribution in [2.75, 3.05) is 0 Å². The molecule has 0 saturated heterocycles. The van der Waals surface area contributed by atoms with E-state index < -0.39 is 15.6 Å². The van der Waals surface area contributed by atoms with E-state index in [4.69, 9.17) is 4.98 Å². The molecule has 34 heavy (non-hydrogen) atoms. The van der Waals surface area contributed by atoms with Crippen molar-refractivity contribution in [3.8, 4) is 11.3 Å². The van der Waals surface area contributed by atoms with Gasteiger partial charge < -0.3 is 10.1 Å². The number of nitrogens with zero attached hydrogens (tertiary/aromatic N) is 3. The Bertz CT molecular complexity index is 1480. The quantitative estimate of drug-likeness (QED) is 0.389. The molecular formula is C25H29N5O3S. The topological polar surface area (TPSA) is 112 Å². The van der Waals surface area contributed by atoms with Gasteiger partial charge in [0.25, 0.3) is 0 Å². The average molecular weight is 480 g/mol. The van der Waals surface area contributed by atoms with Gasteiger partial charge >= 0.3 is 0 Å². The Morgan fingerprint density at radius 2 is 1.85 bits per heavy atom. The minimum Gasteiger partial charge on any atom is -0.386 e. The normalized spacial score (nSPS) is 21.6. The van der Waals surface area contributed by atoms with Gasteiger partial charge in [-0.05, 0) is 57.6 Å². The molecule has 0 amide bonds. The Morgan fingerprint density at radius 1 is 1.09 bits per heavy atom. The van der Waals surface area contributed by atoms with Crippen LogP contribution in [-0.2, 0) is 15.6 Å². The Kier molecular flexibility index (Phi) is 4.88. The van der Waals surface area contributed by atoms with Crippen molar-refractivity contribution in [1.29, 1.82) is 0 Å². The largest absolute Gasteiger partial charge is 0.386 e. The van der Waals surface area contributed by atoms with E-state index >= 15 is 0 Å². The smallest absolute Gasteiger partial charge is 0.214 e. The number of sulfonamides is 1. The molecule has 0 radical (unpaired) electrons. The van der Waals surface area contributed by atoms with Crippen LogP contribution in [0.2, 0.25) is 0 Å². The van der Waals surface area contributed by atoms with Crippen molar-refractivity contribution in [2.45, 2.75) is 68.8 Å². The third-order valence-corrected chi connectivity index (χ3v) is 9.17. The predicted octanol–water partition coefficient (Wildman–Crippen LogP) is 3.82. The van der Waals surface area contributed by atoms with Crippen LogP contribution >= 0.6 is 0 Å². The average Bonchev–Trinajstić information content (AvgIpc) is 3.22. The summed E-state index contributed by atoms with van der Waals surface area (Å²) in [6.07, 6.45) is 7.67. The van der Waals surface area contributed by atoms with Crippen molar-refractivity contribution >= 4 is 26.7 Å². The van der Waals surface area contributed by atoms with Gasteiger partial charge in [-0.25, -0.2) is 23.1 Å². The minimum absolute atomic E-state index is 0.0546. The van der Waals surface area contributed by atoms with Crippen LogP contribution < -0.4 is 4.72 Å². The van der Waals surface area contributed by atoms with E-state index in [0.29, 0.717) is 0 Å². The molecule has 2 fully saturated rings. The van der Waals surface area contributed by atoms with Gasteiger partial charge in [0.05, 0.1) is 33.8 Å². The summed E-state index contributed by atoms with van der Waals surface area (Å²) >= 11 is 0. The van der Waals surface area contributed by atoms with E-state index in [1.807, 2.05) is 42.7 Å². The second kappa shape index (κ2) is 7.63. The summed E-state index contributed by atoms with van der Waals surface area (Å²) in [5, 5.41) is 10.1. The molecule has 3 heterocycles. The van der Waals surface area contributed by atoms with Crippen LogP contribution in [0.1, 0.15) is 63.3 Å². The van der Waals surface area contributed by atoms with Gasteiger partial charge in [0.2, 0.25) is 10.0 Å². The van der Waals surface area contributed by atoms with E-state index in [1.54, 1.807) is 13.8 Å². The first kappa shape index (κ1) is 21.8. The number of imidazole rings is 1. The molecule has 2 atom stereocenters. The maximum absolute atomic E-state index is 12.5. The SMILES string of the molecule is CC(C)(O)c1ccc(-c2nc(C3CCC(NS(=O)(=O)C4CC4)C3)n3c2cnc2[nH]ccc23)cc1. The molecule has 0 aliphatic heterocycles. The summed E-state index contributed by atoms with van der Waals surface area (Å²) in [7, 11) is -3.21. The van der Waals surface area contributed by atoms with Crippen LogP contribution in [0.5, 0.6) is 0 Å². The Hall–Kier alpha value is -2.75. The van der Waals surface area contributed by atoms with E-state index in [1.165, 1.54) is 0 Å². The van der Waals surface area contributed by atoms with E-state index in [9.17, 15) is 13.5 Å². The first-order valence-electron chi connectivity index (χ1n) is 11.9. The van der Waals surface area contributed by atoms with Crippen molar-refractivity contribution in [3.63, 3.8) is 0 Å². The fourth-order valence-electron chi connectivity index (χ4n) is 5.14. The number of rotatable bonds is 6. The van der Waals surface area contributed by atoms with Crippen LogP contribution in [0.4, 0.5) is 0 Å². The van der Waals surface area contributed by atoms with Gasteiger partial charge in [0, 0.05) is 23.7 Å². The first-order valence-corrected chi connectivity index (χ1v) is 13.4. The molecule has 4 aromatic rings. The van der Waals surface area contributed by atoms with Gasteiger partial charge in [-0.1, -0.05) is 24.3 Å². The molecule has 2 aliphatic rings. The van der Waals surface area contributed by atoms with Gasteiger partial charge in [0.15, 0.2) is 5.65 Å². The third kappa shape index (κ3) is 3.72. The van der Waals surface area contributed by atoms with Gasteiger partial charge in [-0.3, -0.25) is 4.40 Å². The number of hydrogen-bond donors (Lipinski definition) is 3. The van der Waals surface area contributed by atoms with Gasteiger partial charge in [-0.15, -0.1) is 0 Å². The number of nitrogens with one attached hydrogen (secondary N) is 2. The van der Waals surface area contributed by atoms with Gasteiger partial charge in [-0.2, -0.15) is 0 Å².